The van der Waals surface area contributed by atoms with Crippen molar-refractivity contribution >= 4 is 24.2 Å². The number of nitrogens with zero attached hydrogens (tertiary/aromatic N) is 5. The average Bonchev–Trinajstić information content (AvgIpc) is 3.33. The number of benzene rings is 1. The highest BCUT2D eigenvalue weighted by atomic mass is 35.5. The minimum atomic E-state index is -1.75. The maximum absolute atomic E-state index is 13.8. The molecule has 1 aliphatic rings. The number of hydrogen-bond acceptors (Lipinski definition) is 9. The number of pyridine rings is 1. The summed E-state index contributed by atoms with van der Waals surface area (Å²) in [6.07, 6.45) is -1.35. The van der Waals surface area contributed by atoms with E-state index in [0.717, 1.165) is 16.8 Å². The van der Waals surface area contributed by atoms with E-state index < -0.39 is 53.3 Å². The van der Waals surface area contributed by atoms with Crippen molar-refractivity contribution in [1.82, 2.24) is 20.0 Å². The molecule has 0 amide bonds. The number of methoxy groups -OCH3 is 1. The highest BCUT2D eigenvalue weighted by Crippen LogP contribution is 2.44. The van der Waals surface area contributed by atoms with E-state index in [1.54, 1.807) is 0 Å². The standard InChI is InChI=1S/C21H17ClF3N5O4S/c1-33-19-20(35)34-16(8-31)18(32)21(19,10-4-11(22)14(5-26)27-6-10)30-7-15(28-29-30)9-2-12(23)17(25)13(24)3-9/h2-4,6-7,16,18-20,31-32,35H,8H2,1H3/t16-,18+,19+,20-,21?/m1/s1. The van der Waals surface area contributed by atoms with E-state index in [0.29, 0.717) is 0 Å². The molecule has 14 heteroatoms. The summed E-state index contributed by atoms with van der Waals surface area (Å²) in [5, 5.41) is 38.5. The van der Waals surface area contributed by atoms with Gasteiger partial charge in [0, 0.05) is 24.4 Å². The number of hydrogen-bond donors (Lipinski definition) is 3. The van der Waals surface area contributed by atoms with Gasteiger partial charge < -0.3 is 19.7 Å². The normalized spacial score (nSPS) is 26.5. The molecule has 2 aromatic heterocycles. The predicted octanol–water partition coefficient (Wildman–Crippen LogP) is 2.05. The summed E-state index contributed by atoms with van der Waals surface area (Å²) >= 11 is 10.6. The van der Waals surface area contributed by atoms with Crippen LogP contribution < -0.4 is 0 Å². The minimum absolute atomic E-state index is 0.0443. The Balaban J connectivity index is 1.98. The first-order valence-corrected chi connectivity index (χ1v) is 10.9. The summed E-state index contributed by atoms with van der Waals surface area (Å²) in [7, 11) is 1.32. The van der Waals surface area contributed by atoms with E-state index in [1.165, 1.54) is 25.6 Å². The first-order valence-electron chi connectivity index (χ1n) is 9.98. The van der Waals surface area contributed by atoms with Gasteiger partial charge in [-0.3, -0.25) is 0 Å². The van der Waals surface area contributed by atoms with Crippen LogP contribution in [0.3, 0.4) is 0 Å². The molecule has 1 aromatic carbocycles. The lowest BCUT2D eigenvalue weighted by Gasteiger charge is -2.51. The fourth-order valence-electron chi connectivity index (χ4n) is 4.19. The highest BCUT2D eigenvalue weighted by molar-refractivity contribution is 7.80. The van der Waals surface area contributed by atoms with Gasteiger partial charge in [-0.25, -0.2) is 22.8 Å². The summed E-state index contributed by atoms with van der Waals surface area (Å²) < 4.78 is 53.5. The molecule has 0 radical (unpaired) electrons. The van der Waals surface area contributed by atoms with Crippen LogP contribution in [0.25, 0.3) is 11.3 Å². The summed E-state index contributed by atoms with van der Waals surface area (Å²) in [5.41, 5.74) is -2.87. The molecule has 0 spiro atoms. The van der Waals surface area contributed by atoms with Crippen molar-refractivity contribution in [3.63, 3.8) is 0 Å². The topological polar surface area (TPSA) is 126 Å². The molecule has 35 heavy (non-hydrogen) atoms. The van der Waals surface area contributed by atoms with E-state index in [-0.39, 0.29) is 27.5 Å². The van der Waals surface area contributed by atoms with Gasteiger partial charge in [-0.05, 0) is 18.2 Å². The molecular weight excluding hydrogens is 511 g/mol. The predicted molar refractivity (Wildman–Crippen MR) is 118 cm³/mol. The second-order valence-electron chi connectivity index (χ2n) is 7.64. The Labute approximate surface area is 207 Å². The number of rotatable bonds is 5. The van der Waals surface area contributed by atoms with Gasteiger partial charge in [0.1, 0.15) is 41.0 Å². The van der Waals surface area contributed by atoms with Crippen LogP contribution in [0.15, 0.2) is 30.6 Å². The summed E-state index contributed by atoms with van der Waals surface area (Å²) in [5.74, 6) is -4.49. The maximum Gasteiger partial charge on any atom is 0.194 e. The van der Waals surface area contributed by atoms with E-state index in [9.17, 15) is 28.6 Å². The van der Waals surface area contributed by atoms with Crippen molar-refractivity contribution in [2.45, 2.75) is 29.3 Å². The summed E-state index contributed by atoms with van der Waals surface area (Å²) in [4.78, 5) is 4.03. The Kier molecular flexibility index (Phi) is 7.05. The Hall–Kier alpha value is -2.73. The van der Waals surface area contributed by atoms with E-state index in [1.807, 2.05) is 6.07 Å². The number of aliphatic hydroxyl groups excluding tert-OH is 2. The van der Waals surface area contributed by atoms with Crippen LogP contribution in [0.5, 0.6) is 0 Å². The fourth-order valence-corrected chi connectivity index (χ4v) is 4.90. The van der Waals surface area contributed by atoms with Gasteiger partial charge in [-0.1, -0.05) is 16.8 Å². The lowest BCUT2D eigenvalue weighted by molar-refractivity contribution is -0.213. The summed E-state index contributed by atoms with van der Waals surface area (Å²) in [6, 6.07) is 4.68. The van der Waals surface area contributed by atoms with Crippen molar-refractivity contribution in [2.75, 3.05) is 13.7 Å². The van der Waals surface area contributed by atoms with Crippen LogP contribution >= 0.6 is 24.2 Å². The molecule has 3 heterocycles. The van der Waals surface area contributed by atoms with Crippen molar-refractivity contribution in [3.05, 3.63) is 64.3 Å². The third-order valence-corrected chi connectivity index (χ3v) is 6.49. The Morgan fingerprint density at radius 1 is 1.31 bits per heavy atom. The molecule has 0 aliphatic carbocycles. The Bertz CT molecular complexity index is 1290. The SMILES string of the molecule is CO[C@H]1[C@@H](S)O[C@H](CO)[C@H](O)C1(c1cnc(C#N)c(Cl)c1)n1cc(-c2cc(F)c(F)c(F)c2)nn1. The zero-order chi connectivity index (χ0) is 25.5. The third kappa shape index (κ3) is 4.06. The molecule has 5 atom stereocenters. The first-order chi connectivity index (χ1) is 16.7. The molecule has 1 unspecified atom stereocenters. The van der Waals surface area contributed by atoms with Crippen LogP contribution in [0.1, 0.15) is 11.3 Å². The van der Waals surface area contributed by atoms with Crippen LogP contribution in [0, 0.1) is 28.8 Å². The van der Waals surface area contributed by atoms with Crippen LogP contribution in [0.4, 0.5) is 13.2 Å². The lowest BCUT2D eigenvalue weighted by atomic mass is 9.76. The van der Waals surface area contributed by atoms with E-state index in [2.05, 4.69) is 27.9 Å². The van der Waals surface area contributed by atoms with Gasteiger partial charge in [-0.2, -0.15) is 5.26 Å². The minimum Gasteiger partial charge on any atom is -0.394 e. The summed E-state index contributed by atoms with van der Waals surface area (Å²) in [6.45, 7) is -0.621. The molecule has 2 N–H and O–H groups in total. The number of halogens is 4. The molecule has 1 saturated heterocycles. The molecule has 1 fully saturated rings. The van der Waals surface area contributed by atoms with E-state index in [4.69, 9.17) is 21.1 Å². The van der Waals surface area contributed by atoms with Crippen molar-refractivity contribution < 1.29 is 32.9 Å². The largest absolute Gasteiger partial charge is 0.394 e. The van der Waals surface area contributed by atoms with Crippen molar-refractivity contribution in [3.8, 4) is 17.3 Å². The molecule has 184 valence electrons. The monoisotopic (exact) mass is 527 g/mol. The lowest BCUT2D eigenvalue weighted by Crippen LogP contribution is -2.67. The van der Waals surface area contributed by atoms with Gasteiger partial charge in [-0.15, -0.1) is 17.7 Å². The maximum atomic E-state index is 13.8. The zero-order valence-corrected chi connectivity index (χ0v) is 19.5. The van der Waals surface area contributed by atoms with Crippen LogP contribution in [-0.2, 0) is 15.0 Å². The van der Waals surface area contributed by atoms with Gasteiger partial charge in [0.2, 0.25) is 0 Å². The fraction of sp³-hybridized carbons (Fsp3) is 0.333. The van der Waals surface area contributed by atoms with Crippen LogP contribution in [-0.4, -0.2) is 67.7 Å². The second-order valence-corrected chi connectivity index (χ2v) is 8.56. The first kappa shape index (κ1) is 25.4. The van der Waals surface area contributed by atoms with Gasteiger partial charge in [0.05, 0.1) is 17.8 Å². The molecular formula is C21H17ClF3N5O4S. The van der Waals surface area contributed by atoms with Crippen LogP contribution in [0.2, 0.25) is 5.02 Å². The van der Waals surface area contributed by atoms with Crippen molar-refractivity contribution in [2.24, 2.45) is 0 Å². The molecule has 0 bridgehead atoms. The number of ether oxygens (including phenoxy) is 2. The second kappa shape index (κ2) is 9.73. The highest BCUT2D eigenvalue weighted by Gasteiger charge is 2.59. The number of thiol groups is 1. The molecule has 0 saturated carbocycles. The number of aromatic nitrogens is 4. The zero-order valence-electron chi connectivity index (χ0n) is 17.8. The molecule has 1 aliphatic heterocycles. The van der Waals surface area contributed by atoms with Gasteiger partial charge in [0.25, 0.3) is 0 Å². The third-order valence-electron chi connectivity index (χ3n) is 5.81. The van der Waals surface area contributed by atoms with Crippen molar-refractivity contribution in [1.29, 1.82) is 5.26 Å². The smallest absolute Gasteiger partial charge is 0.194 e. The van der Waals surface area contributed by atoms with Gasteiger partial charge >= 0.3 is 0 Å². The molecule has 3 aromatic rings. The Morgan fingerprint density at radius 2 is 2.00 bits per heavy atom. The average molecular weight is 528 g/mol. The number of aliphatic hydroxyl groups is 2. The van der Waals surface area contributed by atoms with Gasteiger partial charge in [0.15, 0.2) is 23.1 Å². The molecule has 9 nitrogen and oxygen atoms in total. The quantitative estimate of drug-likeness (QED) is 0.340. The number of nitriles is 1. The van der Waals surface area contributed by atoms with E-state index >= 15 is 0 Å². The molecule has 4 rings (SSSR count). The Morgan fingerprint density at radius 3 is 2.57 bits per heavy atom.